The second kappa shape index (κ2) is 8.70. The van der Waals surface area contributed by atoms with Gasteiger partial charge in [0.25, 0.3) is 5.56 Å². The lowest BCUT2D eigenvalue weighted by Gasteiger charge is -2.11. The highest BCUT2D eigenvalue weighted by molar-refractivity contribution is 7.99. The van der Waals surface area contributed by atoms with Gasteiger partial charge >= 0.3 is 0 Å². The predicted octanol–water partition coefficient (Wildman–Crippen LogP) is 3.26. The highest BCUT2D eigenvalue weighted by Crippen LogP contribution is 2.22. The molecule has 0 aliphatic rings. The molecular formula is C20H22N6O3S. The van der Waals surface area contributed by atoms with Gasteiger partial charge in [0, 0.05) is 12.6 Å². The van der Waals surface area contributed by atoms with E-state index in [4.69, 9.17) is 4.52 Å². The van der Waals surface area contributed by atoms with Crippen LogP contribution in [0.4, 0.5) is 5.82 Å². The molecule has 1 N–H and O–H groups in total. The van der Waals surface area contributed by atoms with E-state index in [0.717, 1.165) is 24.8 Å². The summed E-state index contributed by atoms with van der Waals surface area (Å²) in [5, 5.41) is 16.1. The molecule has 0 spiro atoms. The van der Waals surface area contributed by atoms with Crippen molar-refractivity contribution in [2.45, 2.75) is 44.8 Å². The first-order valence-corrected chi connectivity index (χ1v) is 10.8. The number of anilines is 1. The van der Waals surface area contributed by atoms with E-state index in [1.165, 1.54) is 11.8 Å². The molecule has 0 aliphatic heterocycles. The maximum absolute atomic E-state index is 13.0. The van der Waals surface area contributed by atoms with Crippen LogP contribution in [-0.4, -0.2) is 36.0 Å². The predicted molar refractivity (Wildman–Crippen MR) is 115 cm³/mol. The van der Waals surface area contributed by atoms with Crippen LogP contribution in [0, 0.1) is 6.92 Å². The number of thioether (sulfide) groups is 1. The highest BCUT2D eigenvalue weighted by Gasteiger charge is 2.17. The number of carbonyl (C=O) groups is 1. The topological polar surface area (TPSA) is 107 Å². The first kappa shape index (κ1) is 20.1. The molecule has 1 aromatic carbocycles. The van der Waals surface area contributed by atoms with Crippen molar-refractivity contribution in [3.63, 3.8) is 0 Å². The van der Waals surface area contributed by atoms with Crippen LogP contribution in [0.25, 0.3) is 16.7 Å². The number of unbranched alkanes of at least 4 members (excludes halogenated alkanes) is 2. The first-order valence-electron chi connectivity index (χ1n) is 9.81. The minimum atomic E-state index is -0.231. The highest BCUT2D eigenvalue weighted by atomic mass is 32.2. The lowest BCUT2D eigenvalue weighted by Crippen LogP contribution is -2.23. The Hall–Kier alpha value is -3.14. The van der Waals surface area contributed by atoms with Crippen molar-refractivity contribution in [2.24, 2.45) is 0 Å². The molecule has 3 heterocycles. The number of hydrogen-bond acceptors (Lipinski definition) is 7. The second-order valence-electron chi connectivity index (χ2n) is 6.96. The van der Waals surface area contributed by atoms with Crippen LogP contribution in [0.5, 0.6) is 0 Å². The smallest absolute Gasteiger partial charge is 0.262 e. The molecule has 0 aliphatic carbocycles. The molecule has 30 heavy (non-hydrogen) atoms. The molecule has 0 radical (unpaired) electrons. The zero-order valence-electron chi connectivity index (χ0n) is 16.8. The quantitative estimate of drug-likeness (QED) is 0.340. The van der Waals surface area contributed by atoms with E-state index in [1.54, 1.807) is 17.6 Å². The third-order valence-electron chi connectivity index (χ3n) is 4.69. The maximum atomic E-state index is 13.0. The Morgan fingerprint density at radius 1 is 1.23 bits per heavy atom. The van der Waals surface area contributed by atoms with Crippen molar-refractivity contribution in [3.8, 4) is 0 Å². The largest absolute Gasteiger partial charge is 0.360 e. The number of rotatable bonds is 8. The van der Waals surface area contributed by atoms with Gasteiger partial charge in [0.15, 0.2) is 11.0 Å². The Bertz CT molecular complexity index is 1260. The van der Waals surface area contributed by atoms with E-state index in [1.807, 2.05) is 28.7 Å². The Morgan fingerprint density at radius 3 is 2.83 bits per heavy atom. The van der Waals surface area contributed by atoms with E-state index in [9.17, 15) is 9.59 Å². The summed E-state index contributed by atoms with van der Waals surface area (Å²) in [6.07, 6.45) is 2.98. The number of fused-ring (bicyclic) bond motifs is 3. The number of aromatic nitrogens is 5. The van der Waals surface area contributed by atoms with Crippen molar-refractivity contribution in [2.75, 3.05) is 11.1 Å². The Balaban J connectivity index is 1.65. The van der Waals surface area contributed by atoms with Gasteiger partial charge in [-0.25, -0.2) is 0 Å². The monoisotopic (exact) mass is 426 g/mol. The third kappa shape index (κ3) is 3.95. The number of para-hydroxylation sites is 1. The maximum Gasteiger partial charge on any atom is 0.262 e. The summed E-state index contributed by atoms with van der Waals surface area (Å²) in [6.45, 7) is 4.46. The number of nitrogens with zero attached hydrogens (tertiary/aromatic N) is 5. The van der Waals surface area contributed by atoms with Gasteiger partial charge in [-0.15, -0.1) is 10.2 Å². The molecule has 156 valence electrons. The fraction of sp³-hybridized carbons (Fsp3) is 0.350. The van der Waals surface area contributed by atoms with Gasteiger partial charge in [-0.3, -0.25) is 18.6 Å². The Labute approximate surface area is 176 Å². The number of aryl methyl sites for hydroxylation is 2. The fourth-order valence-electron chi connectivity index (χ4n) is 3.28. The van der Waals surface area contributed by atoms with Crippen LogP contribution in [0.2, 0.25) is 0 Å². The zero-order valence-corrected chi connectivity index (χ0v) is 17.6. The summed E-state index contributed by atoms with van der Waals surface area (Å²) < 4.78 is 8.48. The van der Waals surface area contributed by atoms with Gasteiger partial charge in [-0.1, -0.05) is 48.8 Å². The van der Waals surface area contributed by atoms with Gasteiger partial charge in [-0.05, 0) is 25.5 Å². The average molecular weight is 427 g/mol. The Morgan fingerprint density at radius 2 is 2.07 bits per heavy atom. The normalized spacial score (nSPS) is 11.4. The standard InChI is InChI=1S/C20H22N6O3S/c1-3-4-7-10-25-18(28)14-8-5-6-9-15(14)26-19(25)22-23-20(26)30-12-17(27)21-16-11-13(2)29-24-16/h5-6,8-9,11H,3-4,7,10,12H2,1-2H3,(H,21,24,27). The number of carbonyl (C=O) groups excluding carboxylic acids is 1. The van der Waals surface area contributed by atoms with Gasteiger partial charge in [-0.2, -0.15) is 0 Å². The van der Waals surface area contributed by atoms with E-state index in [-0.39, 0.29) is 17.2 Å². The van der Waals surface area contributed by atoms with Crippen molar-refractivity contribution >= 4 is 40.2 Å². The SMILES string of the molecule is CCCCCn1c(=O)c2ccccc2n2c(SCC(=O)Nc3cc(C)on3)nnc12. The molecule has 9 nitrogen and oxygen atoms in total. The van der Waals surface area contributed by atoms with Gasteiger partial charge in [0.1, 0.15) is 5.76 Å². The van der Waals surface area contributed by atoms with Crippen LogP contribution < -0.4 is 10.9 Å². The molecule has 0 saturated heterocycles. The van der Waals surface area contributed by atoms with Crippen molar-refractivity contribution < 1.29 is 9.32 Å². The minimum absolute atomic E-state index is 0.0719. The summed E-state index contributed by atoms with van der Waals surface area (Å²) in [6, 6.07) is 9.04. The van der Waals surface area contributed by atoms with E-state index >= 15 is 0 Å². The Kier molecular flexibility index (Phi) is 5.84. The average Bonchev–Trinajstić information content (AvgIpc) is 3.35. The molecule has 0 unspecified atom stereocenters. The molecule has 4 rings (SSSR count). The molecule has 0 bridgehead atoms. The lowest BCUT2D eigenvalue weighted by atomic mass is 10.2. The number of nitrogens with one attached hydrogen (secondary N) is 1. The first-order chi connectivity index (χ1) is 14.6. The number of hydrogen-bond donors (Lipinski definition) is 1. The molecule has 0 fully saturated rings. The lowest BCUT2D eigenvalue weighted by molar-refractivity contribution is -0.113. The van der Waals surface area contributed by atoms with Gasteiger partial charge in [0.2, 0.25) is 11.7 Å². The van der Waals surface area contributed by atoms with Gasteiger partial charge < -0.3 is 9.84 Å². The van der Waals surface area contributed by atoms with E-state index < -0.39 is 0 Å². The number of amides is 1. The van der Waals surface area contributed by atoms with Crippen molar-refractivity contribution in [3.05, 3.63) is 46.4 Å². The minimum Gasteiger partial charge on any atom is -0.360 e. The molecule has 0 saturated carbocycles. The molecular weight excluding hydrogens is 404 g/mol. The molecule has 10 heteroatoms. The van der Waals surface area contributed by atoms with Crippen molar-refractivity contribution in [1.29, 1.82) is 0 Å². The third-order valence-corrected chi connectivity index (χ3v) is 5.62. The van der Waals surface area contributed by atoms with Gasteiger partial charge in [0.05, 0.1) is 16.7 Å². The summed E-state index contributed by atoms with van der Waals surface area (Å²) >= 11 is 1.25. The van der Waals surface area contributed by atoms with Crippen molar-refractivity contribution in [1.82, 2.24) is 24.3 Å². The van der Waals surface area contributed by atoms with Crippen LogP contribution in [0.1, 0.15) is 31.9 Å². The summed E-state index contributed by atoms with van der Waals surface area (Å²) in [5.74, 6) is 1.37. The molecule has 0 atom stereocenters. The second-order valence-corrected chi connectivity index (χ2v) is 7.90. The van der Waals surface area contributed by atoms with E-state index in [0.29, 0.717) is 34.4 Å². The van der Waals surface area contributed by atoms with E-state index in [2.05, 4.69) is 27.6 Å². The fourth-order valence-corrected chi connectivity index (χ4v) is 4.02. The summed E-state index contributed by atoms with van der Waals surface area (Å²) in [7, 11) is 0. The van der Waals surface area contributed by atoms with Crippen LogP contribution in [-0.2, 0) is 11.3 Å². The van der Waals surface area contributed by atoms with Crippen LogP contribution in [0.3, 0.4) is 0 Å². The zero-order chi connectivity index (χ0) is 21.1. The number of benzene rings is 1. The summed E-state index contributed by atoms with van der Waals surface area (Å²) in [5.41, 5.74) is 0.654. The molecule has 4 aromatic rings. The summed E-state index contributed by atoms with van der Waals surface area (Å²) in [4.78, 5) is 25.3. The molecule has 3 aromatic heterocycles. The van der Waals surface area contributed by atoms with Crippen LogP contribution in [0.15, 0.2) is 44.8 Å². The molecule has 1 amide bonds. The van der Waals surface area contributed by atoms with Crippen LogP contribution >= 0.6 is 11.8 Å².